The van der Waals surface area contributed by atoms with Crippen LogP contribution < -0.4 is 5.56 Å². The summed E-state index contributed by atoms with van der Waals surface area (Å²) in [6.45, 7) is 1.79. The van der Waals surface area contributed by atoms with Crippen LogP contribution in [0.5, 0.6) is 5.75 Å². The van der Waals surface area contributed by atoms with Gasteiger partial charge < -0.3 is 14.4 Å². The lowest BCUT2D eigenvalue weighted by atomic mass is 10.1. The van der Waals surface area contributed by atoms with E-state index in [1.54, 1.807) is 26.1 Å². The number of esters is 1. The summed E-state index contributed by atoms with van der Waals surface area (Å²) < 4.78 is 7.04. The molecule has 6 heteroatoms. The lowest BCUT2D eigenvalue weighted by molar-refractivity contribution is 0.0520. The van der Waals surface area contributed by atoms with Gasteiger partial charge in [-0.05, 0) is 47.7 Å². The van der Waals surface area contributed by atoms with E-state index in [1.807, 2.05) is 6.07 Å². The van der Waals surface area contributed by atoms with E-state index in [2.05, 4.69) is 22.6 Å². The summed E-state index contributed by atoms with van der Waals surface area (Å²) in [6, 6.07) is 5.27. The number of carbonyl (C=O) groups excluding carboxylic acids is 1. The average molecular weight is 373 g/mol. The standard InChI is InChI=1S/C13H12INO4/c1-3-19-13(18)10-11(16)8-6-7(14)4-5-9(8)15(2)12(10)17/h4-6,16H,3H2,1-2H3. The van der Waals surface area contributed by atoms with Crippen LogP contribution in [0, 0.1) is 3.57 Å². The van der Waals surface area contributed by atoms with Crippen LogP contribution in [0.1, 0.15) is 17.3 Å². The Morgan fingerprint density at radius 3 is 2.79 bits per heavy atom. The summed E-state index contributed by atoms with van der Waals surface area (Å²) in [4.78, 5) is 23.9. The van der Waals surface area contributed by atoms with Gasteiger partial charge in [-0.25, -0.2) is 4.79 Å². The molecule has 2 rings (SSSR count). The average Bonchev–Trinajstić information content (AvgIpc) is 2.36. The van der Waals surface area contributed by atoms with Gasteiger partial charge in [-0.15, -0.1) is 0 Å². The summed E-state index contributed by atoms with van der Waals surface area (Å²) in [5.41, 5.74) is -0.320. The SMILES string of the molecule is CCOC(=O)c1c(O)c2cc(I)ccc2n(C)c1=O. The molecule has 0 aliphatic heterocycles. The molecule has 0 aliphatic rings. The second kappa shape index (κ2) is 5.20. The van der Waals surface area contributed by atoms with Gasteiger partial charge in [0.05, 0.1) is 12.1 Å². The van der Waals surface area contributed by atoms with Gasteiger partial charge in [0.2, 0.25) is 0 Å². The number of aryl methyl sites for hydroxylation is 1. The molecule has 0 spiro atoms. The number of carbonyl (C=O) groups is 1. The number of halogens is 1. The van der Waals surface area contributed by atoms with Gasteiger partial charge >= 0.3 is 5.97 Å². The van der Waals surface area contributed by atoms with Gasteiger partial charge in [0.15, 0.2) is 5.56 Å². The number of aromatic nitrogens is 1. The normalized spacial score (nSPS) is 10.7. The van der Waals surface area contributed by atoms with Crippen LogP contribution in [0.2, 0.25) is 0 Å². The molecule has 1 heterocycles. The Morgan fingerprint density at radius 1 is 1.47 bits per heavy atom. The highest BCUT2D eigenvalue weighted by atomic mass is 127. The maximum Gasteiger partial charge on any atom is 0.347 e. The fourth-order valence-corrected chi connectivity index (χ4v) is 2.38. The van der Waals surface area contributed by atoms with Crippen LogP contribution in [0.4, 0.5) is 0 Å². The van der Waals surface area contributed by atoms with Crippen molar-refractivity contribution < 1.29 is 14.6 Å². The first-order valence-electron chi connectivity index (χ1n) is 5.65. The number of fused-ring (bicyclic) bond motifs is 1. The number of ether oxygens (including phenoxy) is 1. The van der Waals surface area contributed by atoms with Crippen LogP contribution in [0.25, 0.3) is 10.9 Å². The second-order valence-electron chi connectivity index (χ2n) is 3.97. The number of nitrogens with zero attached hydrogens (tertiary/aromatic N) is 1. The van der Waals surface area contributed by atoms with Crippen LogP contribution in [0.15, 0.2) is 23.0 Å². The molecule has 0 unspecified atom stereocenters. The first-order chi connectivity index (χ1) is 8.97. The molecule has 0 aliphatic carbocycles. The minimum atomic E-state index is -0.804. The number of hydrogen-bond donors (Lipinski definition) is 1. The molecule has 0 fully saturated rings. The van der Waals surface area contributed by atoms with Gasteiger partial charge in [0.1, 0.15) is 5.75 Å². The van der Waals surface area contributed by atoms with E-state index in [0.29, 0.717) is 10.9 Å². The zero-order chi connectivity index (χ0) is 14.2. The summed E-state index contributed by atoms with van der Waals surface area (Å²) in [5.74, 6) is -1.13. The van der Waals surface area contributed by atoms with Crippen molar-refractivity contribution >= 4 is 39.5 Å². The molecule has 0 amide bonds. The lowest BCUT2D eigenvalue weighted by Gasteiger charge is -2.11. The second-order valence-corrected chi connectivity index (χ2v) is 5.22. The first-order valence-corrected chi connectivity index (χ1v) is 6.73. The predicted octanol–water partition coefficient (Wildman–Crippen LogP) is 2.03. The van der Waals surface area contributed by atoms with E-state index in [-0.39, 0.29) is 17.9 Å². The van der Waals surface area contributed by atoms with Gasteiger partial charge in [0, 0.05) is 16.0 Å². The molecule has 2 aromatic rings. The molecule has 0 atom stereocenters. The molecule has 0 saturated heterocycles. The molecular formula is C13H12INO4. The van der Waals surface area contributed by atoms with E-state index < -0.39 is 11.5 Å². The van der Waals surface area contributed by atoms with Crippen LogP contribution in [-0.4, -0.2) is 22.2 Å². The minimum absolute atomic E-state index is 0.145. The Morgan fingerprint density at radius 2 is 2.16 bits per heavy atom. The Hall–Kier alpha value is -1.57. The zero-order valence-electron chi connectivity index (χ0n) is 10.4. The monoisotopic (exact) mass is 373 g/mol. The van der Waals surface area contributed by atoms with Crippen molar-refractivity contribution in [3.8, 4) is 5.75 Å². The molecule has 19 heavy (non-hydrogen) atoms. The zero-order valence-corrected chi connectivity index (χ0v) is 12.6. The highest BCUT2D eigenvalue weighted by Gasteiger charge is 2.22. The van der Waals surface area contributed by atoms with Crippen molar-refractivity contribution in [3.05, 3.63) is 37.7 Å². The molecular weight excluding hydrogens is 361 g/mol. The van der Waals surface area contributed by atoms with Gasteiger partial charge in [-0.3, -0.25) is 4.79 Å². The molecule has 1 N–H and O–H groups in total. The highest BCUT2D eigenvalue weighted by Crippen LogP contribution is 2.27. The van der Waals surface area contributed by atoms with Gasteiger partial charge in [0.25, 0.3) is 5.56 Å². The van der Waals surface area contributed by atoms with E-state index in [9.17, 15) is 14.7 Å². The van der Waals surface area contributed by atoms with E-state index in [1.165, 1.54) is 4.57 Å². The van der Waals surface area contributed by atoms with E-state index >= 15 is 0 Å². The van der Waals surface area contributed by atoms with Crippen molar-refractivity contribution in [1.29, 1.82) is 0 Å². The van der Waals surface area contributed by atoms with Gasteiger partial charge in [-0.1, -0.05) is 0 Å². The van der Waals surface area contributed by atoms with Crippen molar-refractivity contribution in [2.75, 3.05) is 6.61 Å². The quantitative estimate of drug-likeness (QED) is 0.646. The largest absolute Gasteiger partial charge is 0.506 e. The Balaban J connectivity index is 2.86. The highest BCUT2D eigenvalue weighted by molar-refractivity contribution is 14.1. The summed E-state index contributed by atoms with van der Waals surface area (Å²) in [5, 5.41) is 10.6. The Labute approximate surface area is 122 Å². The van der Waals surface area contributed by atoms with E-state index in [4.69, 9.17) is 4.74 Å². The molecule has 1 aromatic carbocycles. The molecule has 1 aromatic heterocycles. The third-order valence-electron chi connectivity index (χ3n) is 2.81. The lowest BCUT2D eigenvalue weighted by Crippen LogP contribution is -2.26. The van der Waals surface area contributed by atoms with Gasteiger partial charge in [-0.2, -0.15) is 0 Å². The predicted molar refractivity (Wildman–Crippen MR) is 79.5 cm³/mol. The number of hydrogen-bond acceptors (Lipinski definition) is 4. The molecule has 100 valence electrons. The summed E-state index contributed by atoms with van der Waals surface area (Å²) in [6.07, 6.45) is 0. The molecule has 0 bridgehead atoms. The summed E-state index contributed by atoms with van der Waals surface area (Å²) in [7, 11) is 1.56. The van der Waals surface area contributed by atoms with Crippen molar-refractivity contribution in [2.45, 2.75) is 6.92 Å². The van der Waals surface area contributed by atoms with Crippen LogP contribution in [0.3, 0.4) is 0 Å². The smallest absolute Gasteiger partial charge is 0.347 e. The Bertz CT molecular complexity index is 721. The third-order valence-corrected chi connectivity index (χ3v) is 3.48. The third kappa shape index (κ3) is 2.32. The molecule has 0 radical (unpaired) electrons. The topological polar surface area (TPSA) is 68.5 Å². The van der Waals surface area contributed by atoms with Crippen molar-refractivity contribution in [3.63, 3.8) is 0 Å². The number of pyridine rings is 1. The van der Waals surface area contributed by atoms with Crippen molar-refractivity contribution in [2.24, 2.45) is 7.05 Å². The minimum Gasteiger partial charge on any atom is -0.506 e. The fourth-order valence-electron chi connectivity index (χ4n) is 1.89. The van der Waals surface area contributed by atoms with E-state index in [0.717, 1.165) is 3.57 Å². The molecule has 0 saturated carbocycles. The maximum atomic E-state index is 12.1. The fraction of sp³-hybridized carbons (Fsp3) is 0.231. The maximum absolute atomic E-state index is 12.1. The van der Waals surface area contributed by atoms with Crippen LogP contribution in [-0.2, 0) is 11.8 Å². The summed E-state index contributed by atoms with van der Waals surface area (Å²) >= 11 is 2.10. The number of aromatic hydroxyl groups is 1. The first kappa shape index (κ1) is 13.9. The van der Waals surface area contributed by atoms with Crippen molar-refractivity contribution in [1.82, 2.24) is 4.57 Å². The number of rotatable bonds is 2. The Kier molecular flexibility index (Phi) is 3.79. The van der Waals surface area contributed by atoms with Crippen LogP contribution >= 0.6 is 22.6 Å². The molecule has 5 nitrogen and oxygen atoms in total. The number of benzene rings is 1.